The maximum atomic E-state index is 12.5. The minimum Gasteiger partial charge on any atom is -0.452 e. The fourth-order valence-electron chi connectivity index (χ4n) is 4.17. The molecule has 0 saturated carbocycles. The van der Waals surface area contributed by atoms with E-state index in [4.69, 9.17) is 4.74 Å². The van der Waals surface area contributed by atoms with Gasteiger partial charge in [-0.3, -0.25) is 9.59 Å². The summed E-state index contributed by atoms with van der Waals surface area (Å²) in [4.78, 5) is 41.4. The predicted molar refractivity (Wildman–Crippen MR) is 117 cm³/mol. The van der Waals surface area contributed by atoms with E-state index in [0.29, 0.717) is 23.3 Å². The normalized spacial score (nSPS) is 15.4. The molecule has 1 atom stereocenters. The molecule has 1 aliphatic rings. The first kappa shape index (κ1) is 20.8. The number of aromatic nitrogens is 2. The smallest absolute Gasteiger partial charge is 0.338 e. The second-order valence-electron chi connectivity index (χ2n) is 7.74. The van der Waals surface area contributed by atoms with Gasteiger partial charge in [-0.25, -0.2) is 9.78 Å². The van der Waals surface area contributed by atoms with Gasteiger partial charge >= 0.3 is 5.97 Å². The van der Waals surface area contributed by atoms with E-state index in [1.807, 2.05) is 25.1 Å². The van der Waals surface area contributed by atoms with E-state index in [9.17, 15) is 14.4 Å². The fourth-order valence-corrected chi connectivity index (χ4v) is 4.17. The number of amides is 1. The van der Waals surface area contributed by atoms with Crippen LogP contribution in [0.1, 0.15) is 53.0 Å². The number of benzene rings is 2. The predicted octanol–water partition coefficient (Wildman–Crippen LogP) is 3.08. The summed E-state index contributed by atoms with van der Waals surface area (Å²) < 4.78 is 6.84. The van der Waals surface area contributed by atoms with Crippen LogP contribution in [-0.4, -0.2) is 28.0 Å². The third-order valence-corrected chi connectivity index (χ3v) is 5.70. The zero-order chi connectivity index (χ0) is 22.0. The van der Waals surface area contributed by atoms with E-state index in [0.717, 1.165) is 24.8 Å². The highest BCUT2D eigenvalue weighted by Crippen LogP contribution is 2.29. The van der Waals surface area contributed by atoms with E-state index in [2.05, 4.69) is 16.4 Å². The summed E-state index contributed by atoms with van der Waals surface area (Å²) in [6.45, 7) is 3.68. The van der Waals surface area contributed by atoms with Gasteiger partial charge in [-0.15, -0.1) is 0 Å². The third-order valence-electron chi connectivity index (χ3n) is 5.70. The molecular weight excluding hydrogens is 394 g/mol. The Labute approximate surface area is 180 Å². The Morgan fingerprint density at radius 1 is 1.23 bits per heavy atom. The van der Waals surface area contributed by atoms with Gasteiger partial charge in [0.05, 0.1) is 22.6 Å². The lowest BCUT2D eigenvalue weighted by Gasteiger charge is -2.26. The number of esters is 1. The van der Waals surface area contributed by atoms with Crippen LogP contribution in [0.2, 0.25) is 0 Å². The highest BCUT2D eigenvalue weighted by atomic mass is 16.5. The highest BCUT2D eigenvalue weighted by Gasteiger charge is 2.22. The molecule has 1 aliphatic carbocycles. The Hall–Kier alpha value is -3.48. The van der Waals surface area contributed by atoms with E-state index < -0.39 is 5.97 Å². The largest absolute Gasteiger partial charge is 0.452 e. The van der Waals surface area contributed by atoms with Crippen LogP contribution in [0.4, 0.5) is 0 Å². The zero-order valence-electron chi connectivity index (χ0n) is 17.7. The summed E-state index contributed by atoms with van der Waals surface area (Å²) in [5.74, 6) is -0.931. The van der Waals surface area contributed by atoms with Crippen molar-refractivity contribution in [1.29, 1.82) is 0 Å². The van der Waals surface area contributed by atoms with Crippen LogP contribution in [-0.2, 0) is 22.5 Å². The van der Waals surface area contributed by atoms with Gasteiger partial charge in [0, 0.05) is 6.54 Å². The van der Waals surface area contributed by atoms with Crippen molar-refractivity contribution in [2.45, 2.75) is 45.7 Å². The Kier molecular flexibility index (Phi) is 5.84. The molecule has 2 aromatic carbocycles. The number of ether oxygens (including phenoxy) is 1. The number of hydrogen-bond acceptors (Lipinski definition) is 5. The van der Waals surface area contributed by atoms with Crippen LogP contribution in [0, 0.1) is 6.92 Å². The molecule has 0 fully saturated rings. The van der Waals surface area contributed by atoms with Crippen molar-refractivity contribution in [3.05, 3.63) is 75.2 Å². The SMILES string of the molecule is CCn1c(=O)c(C)nc2cc(C(=O)OCC(=O)N[C@@H]3CCCc4ccccc43)ccc21. The zero-order valence-corrected chi connectivity index (χ0v) is 17.7. The molecule has 0 spiro atoms. The van der Waals surface area contributed by atoms with Crippen molar-refractivity contribution in [2.24, 2.45) is 0 Å². The van der Waals surface area contributed by atoms with Gasteiger partial charge in [0.25, 0.3) is 11.5 Å². The van der Waals surface area contributed by atoms with Crippen LogP contribution >= 0.6 is 0 Å². The molecule has 0 radical (unpaired) electrons. The average Bonchev–Trinajstić information content (AvgIpc) is 2.78. The van der Waals surface area contributed by atoms with Crippen LogP contribution in [0.25, 0.3) is 11.0 Å². The molecule has 160 valence electrons. The van der Waals surface area contributed by atoms with Crippen molar-refractivity contribution in [3.8, 4) is 0 Å². The van der Waals surface area contributed by atoms with Gasteiger partial charge < -0.3 is 14.6 Å². The standard InChI is InChI=1S/C24H25N3O4/c1-3-27-21-12-11-17(13-20(21)25-15(2)23(27)29)24(30)31-14-22(28)26-19-10-6-8-16-7-4-5-9-18(16)19/h4-5,7,9,11-13,19H,3,6,8,10,14H2,1-2H3,(H,26,28)/t19-/m1/s1. The number of hydrogen-bond donors (Lipinski definition) is 1. The quantitative estimate of drug-likeness (QED) is 0.642. The van der Waals surface area contributed by atoms with Crippen LogP contribution < -0.4 is 10.9 Å². The molecule has 1 aromatic heterocycles. The maximum absolute atomic E-state index is 12.5. The average molecular weight is 419 g/mol. The minimum absolute atomic E-state index is 0.0604. The molecule has 4 rings (SSSR count). The van der Waals surface area contributed by atoms with Crippen LogP contribution in [0.3, 0.4) is 0 Å². The molecule has 0 bridgehead atoms. The van der Waals surface area contributed by atoms with Gasteiger partial charge in [-0.1, -0.05) is 24.3 Å². The van der Waals surface area contributed by atoms with Crippen molar-refractivity contribution < 1.29 is 14.3 Å². The van der Waals surface area contributed by atoms with Gasteiger partial charge in [0.2, 0.25) is 0 Å². The van der Waals surface area contributed by atoms with Crippen molar-refractivity contribution >= 4 is 22.9 Å². The number of nitrogens with one attached hydrogen (secondary N) is 1. The molecule has 1 N–H and O–H groups in total. The Morgan fingerprint density at radius 3 is 2.84 bits per heavy atom. The molecule has 31 heavy (non-hydrogen) atoms. The number of fused-ring (bicyclic) bond motifs is 2. The molecule has 0 saturated heterocycles. The first-order valence-corrected chi connectivity index (χ1v) is 10.5. The molecule has 1 amide bonds. The second kappa shape index (κ2) is 8.71. The highest BCUT2D eigenvalue weighted by molar-refractivity contribution is 5.94. The third kappa shape index (κ3) is 4.21. The monoisotopic (exact) mass is 419 g/mol. The number of aryl methyl sites for hydroxylation is 3. The molecule has 3 aromatic rings. The van der Waals surface area contributed by atoms with Gasteiger partial charge in [-0.05, 0) is 62.4 Å². The topological polar surface area (TPSA) is 90.3 Å². The molecule has 7 nitrogen and oxygen atoms in total. The van der Waals surface area contributed by atoms with E-state index >= 15 is 0 Å². The van der Waals surface area contributed by atoms with Crippen molar-refractivity contribution in [1.82, 2.24) is 14.9 Å². The maximum Gasteiger partial charge on any atom is 0.338 e. The Morgan fingerprint density at radius 2 is 2.03 bits per heavy atom. The summed E-state index contributed by atoms with van der Waals surface area (Å²) in [5.41, 5.74) is 4.08. The fraction of sp³-hybridized carbons (Fsp3) is 0.333. The van der Waals surface area contributed by atoms with E-state index in [1.54, 1.807) is 29.7 Å². The first-order valence-electron chi connectivity index (χ1n) is 10.5. The van der Waals surface area contributed by atoms with Crippen LogP contribution in [0.15, 0.2) is 47.3 Å². The molecule has 7 heteroatoms. The number of rotatable bonds is 5. The van der Waals surface area contributed by atoms with Crippen molar-refractivity contribution in [2.75, 3.05) is 6.61 Å². The van der Waals surface area contributed by atoms with Gasteiger partial charge in [-0.2, -0.15) is 0 Å². The second-order valence-corrected chi connectivity index (χ2v) is 7.74. The molecular formula is C24H25N3O4. The lowest BCUT2D eigenvalue weighted by atomic mass is 9.88. The number of nitrogens with zero attached hydrogens (tertiary/aromatic N) is 2. The summed E-state index contributed by atoms with van der Waals surface area (Å²) in [5, 5.41) is 2.97. The van der Waals surface area contributed by atoms with Crippen molar-refractivity contribution in [3.63, 3.8) is 0 Å². The lowest BCUT2D eigenvalue weighted by molar-refractivity contribution is -0.125. The van der Waals surface area contributed by atoms with Gasteiger partial charge in [0.1, 0.15) is 5.69 Å². The lowest BCUT2D eigenvalue weighted by Crippen LogP contribution is -2.34. The Balaban J connectivity index is 1.43. The summed E-state index contributed by atoms with van der Waals surface area (Å²) in [6.07, 6.45) is 2.89. The Bertz CT molecular complexity index is 1220. The minimum atomic E-state index is -0.602. The van der Waals surface area contributed by atoms with Gasteiger partial charge in [0.15, 0.2) is 6.61 Å². The summed E-state index contributed by atoms with van der Waals surface area (Å²) in [6, 6.07) is 12.9. The van der Waals surface area contributed by atoms with Crippen LogP contribution in [0.5, 0.6) is 0 Å². The molecule has 0 unspecified atom stereocenters. The number of carbonyl (C=O) groups excluding carboxylic acids is 2. The van der Waals surface area contributed by atoms with E-state index in [1.165, 1.54) is 5.56 Å². The summed E-state index contributed by atoms with van der Waals surface area (Å²) >= 11 is 0. The first-order chi connectivity index (χ1) is 15.0. The number of carbonyl (C=O) groups is 2. The molecule has 0 aliphatic heterocycles. The van der Waals surface area contributed by atoms with E-state index in [-0.39, 0.29) is 29.7 Å². The summed E-state index contributed by atoms with van der Waals surface area (Å²) in [7, 11) is 0. The molecule has 1 heterocycles.